The fraction of sp³-hybridized carbons (Fsp3) is 0.833. The Morgan fingerprint density at radius 2 is 1.69 bits per heavy atom. The zero-order chi connectivity index (χ0) is 11.5. The van der Waals surface area contributed by atoms with E-state index < -0.39 is 0 Å². The predicted octanol–water partition coefficient (Wildman–Crippen LogP) is 1.40. The third-order valence-corrected chi connectivity index (χ3v) is 3.56. The topological polar surface area (TPSA) is 49.4 Å². The quantitative estimate of drug-likeness (QED) is 0.737. The highest BCUT2D eigenvalue weighted by Gasteiger charge is 2.33. The van der Waals surface area contributed by atoms with Crippen molar-refractivity contribution in [1.29, 1.82) is 0 Å². The maximum Gasteiger partial charge on any atom is 0.231 e. The van der Waals surface area contributed by atoms with E-state index in [-0.39, 0.29) is 18.0 Å². The highest BCUT2D eigenvalue weighted by molar-refractivity contribution is 6.02. The Morgan fingerprint density at radius 3 is 2.25 bits per heavy atom. The highest BCUT2D eigenvalue weighted by Crippen LogP contribution is 2.20. The molecule has 2 fully saturated rings. The van der Waals surface area contributed by atoms with E-state index in [1.165, 1.54) is 37.0 Å². The van der Waals surface area contributed by atoms with E-state index in [1.807, 2.05) is 6.92 Å². The fourth-order valence-electron chi connectivity index (χ4n) is 2.71. The molecule has 0 aromatic rings. The molecule has 0 aromatic heterocycles. The third-order valence-electron chi connectivity index (χ3n) is 3.56. The molecule has 2 rings (SSSR count). The van der Waals surface area contributed by atoms with Crippen molar-refractivity contribution in [1.82, 2.24) is 10.2 Å². The SMILES string of the molecule is CC(NC1CCCCC1)N1C(=O)CCC1=O. The van der Waals surface area contributed by atoms with Crippen molar-refractivity contribution in [2.45, 2.75) is 64.1 Å². The van der Waals surface area contributed by atoms with Crippen molar-refractivity contribution in [2.24, 2.45) is 0 Å². The molecule has 1 atom stereocenters. The lowest BCUT2D eigenvalue weighted by Gasteiger charge is -2.30. The van der Waals surface area contributed by atoms with Crippen molar-refractivity contribution < 1.29 is 9.59 Å². The van der Waals surface area contributed by atoms with E-state index in [0.717, 1.165) is 0 Å². The minimum Gasteiger partial charge on any atom is -0.294 e. The van der Waals surface area contributed by atoms with Gasteiger partial charge in [0.1, 0.15) is 0 Å². The lowest BCUT2D eigenvalue weighted by atomic mass is 9.95. The number of rotatable bonds is 3. The maximum atomic E-state index is 11.5. The lowest BCUT2D eigenvalue weighted by Crippen LogP contribution is -2.50. The molecule has 1 aliphatic carbocycles. The first kappa shape index (κ1) is 11.6. The molecular formula is C12H20N2O2. The van der Waals surface area contributed by atoms with Crippen molar-refractivity contribution in [3.8, 4) is 0 Å². The first-order chi connectivity index (χ1) is 7.68. The minimum absolute atomic E-state index is 0.0270. The van der Waals surface area contributed by atoms with Crippen LogP contribution in [-0.2, 0) is 9.59 Å². The fourth-order valence-corrected chi connectivity index (χ4v) is 2.71. The summed E-state index contributed by atoms with van der Waals surface area (Å²) in [6, 6.07) is 0.477. The number of carbonyl (C=O) groups is 2. The van der Waals surface area contributed by atoms with Gasteiger partial charge in [-0.1, -0.05) is 19.3 Å². The summed E-state index contributed by atoms with van der Waals surface area (Å²) < 4.78 is 0. The van der Waals surface area contributed by atoms with Gasteiger partial charge in [-0.3, -0.25) is 19.8 Å². The van der Waals surface area contributed by atoms with Crippen LogP contribution in [0.4, 0.5) is 0 Å². The summed E-state index contributed by atoms with van der Waals surface area (Å²) in [7, 11) is 0. The summed E-state index contributed by atoms with van der Waals surface area (Å²) in [5.74, 6) is -0.0541. The summed E-state index contributed by atoms with van der Waals surface area (Å²) in [5, 5.41) is 3.41. The molecule has 1 saturated carbocycles. The van der Waals surface area contributed by atoms with Gasteiger partial charge in [-0.05, 0) is 19.8 Å². The van der Waals surface area contributed by atoms with Crippen LogP contribution in [0.5, 0.6) is 0 Å². The molecule has 0 aromatic carbocycles. The summed E-state index contributed by atoms with van der Waals surface area (Å²) in [6.45, 7) is 1.91. The van der Waals surface area contributed by atoms with E-state index >= 15 is 0 Å². The van der Waals surface area contributed by atoms with Gasteiger partial charge >= 0.3 is 0 Å². The summed E-state index contributed by atoms with van der Waals surface area (Å²) >= 11 is 0. The standard InChI is InChI=1S/C12H20N2O2/c1-9(13-10-5-3-2-4-6-10)14-11(15)7-8-12(14)16/h9-10,13H,2-8H2,1H3. The van der Waals surface area contributed by atoms with Gasteiger partial charge in [-0.15, -0.1) is 0 Å². The molecule has 1 unspecified atom stereocenters. The van der Waals surface area contributed by atoms with Gasteiger partial charge < -0.3 is 0 Å². The molecule has 1 N–H and O–H groups in total. The minimum atomic E-state index is -0.134. The van der Waals surface area contributed by atoms with Crippen LogP contribution < -0.4 is 5.32 Å². The molecule has 2 amide bonds. The van der Waals surface area contributed by atoms with E-state index in [4.69, 9.17) is 0 Å². The van der Waals surface area contributed by atoms with Crippen LogP contribution in [0, 0.1) is 0 Å². The smallest absolute Gasteiger partial charge is 0.231 e. The molecular weight excluding hydrogens is 204 g/mol. The number of nitrogens with zero attached hydrogens (tertiary/aromatic N) is 1. The van der Waals surface area contributed by atoms with Gasteiger partial charge in [0.2, 0.25) is 11.8 Å². The van der Waals surface area contributed by atoms with E-state index in [0.29, 0.717) is 18.9 Å². The Labute approximate surface area is 96.4 Å². The van der Waals surface area contributed by atoms with Crippen LogP contribution in [0.15, 0.2) is 0 Å². The number of nitrogens with one attached hydrogen (secondary N) is 1. The molecule has 0 radical (unpaired) electrons. The molecule has 4 nitrogen and oxygen atoms in total. The number of amides is 2. The predicted molar refractivity (Wildman–Crippen MR) is 60.6 cm³/mol. The van der Waals surface area contributed by atoms with Gasteiger partial charge in [0.15, 0.2) is 0 Å². The third kappa shape index (κ3) is 2.43. The van der Waals surface area contributed by atoms with Gasteiger partial charge in [-0.2, -0.15) is 0 Å². The number of hydrogen-bond acceptors (Lipinski definition) is 3. The molecule has 1 heterocycles. The van der Waals surface area contributed by atoms with Crippen LogP contribution >= 0.6 is 0 Å². The monoisotopic (exact) mass is 224 g/mol. The second-order valence-electron chi connectivity index (χ2n) is 4.84. The van der Waals surface area contributed by atoms with Crippen LogP contribution in [0.1, 0.15) is 51.9 Å². The van der Waals surface area contributed by atoms with E-state index in [1.54, 1.807) is 0 Å². The maximum absolute atomic E-state index is 11.5. The van der Waals surface area contributed by atoms with Gasteiger partial charge in [0.25, 0.3) is 0 Å². The Morgan fingerprint density at radius 1 is 1.12 bits per heavy atom. The van der Waals surface area contributed by atoms with E-state index in [9.17, 15) is 9.59 Å². The highest BCUT2D eigenvalue weighted by atomic mass is 16.2. The Bertz CT molecular complexity index is 269. The summed E-state index contributed by atoms with van der Waals surface area (Å²) in [6.07, 6.45) is 6.80. The van der Waals surface area contributed by atoms with Gasteiger partial charge in [0, 0.05) is 18.9 Å². The number of hydrogen-bond donors (Lipinski definition) is 1. The second-order valence-corrected chi connectivity index (χ2v) is 4.84. The first-order valence-corrected chi connectivity index (χ1v) is 6.29. The van der Waals surface area contributed by atoms with Crippen molar-refractivity contribution >= 4 is 11.8 Å². The van der Waals surface area contributed by atoms with Crippen LogP contribution in [0.2, 0.25) is 0 Å². The average Bonchev–Trinajstić information content (AvgIpc) is 2.60. The van der Waals surface area contributed by atoms with Crippen LogP contribution in [-0.4, -0.2) is 28.9 Å². The molecule has 1 aliphatic heterocycles. The first-order valence-electron chi connectivity index (χ1n) is 6.29. The van der Waals surface area contributed by atoms with Crippen molar-refractivity contribution in [3.63, 3.8) is 0 Å². The Balaban J connectivity index is 1.88. The number of likely N-dealkylation sites (tertiary alicyclic amines) is 1. The second kappa shape index (κ2) is 4.95. The van der Waals surface area contributed by atoms with Crippen molar-refractivity contribution in [2.75, 3.05) is 0 Å². The van der Waals surface area contributed by atoms with Crippen molar-refractivity contribution in [3.05, 3.63) is 0 Å². The lowest BCUT2D eigenvalue weighted by molar-refractivity contribution is -0.141. The zero-order valence-corrected chi connectivity index (χ0v) is 9.87. The molecule has 0 bridgehead atoms. The molecule has 0 spiro atoms. The number of carbonyl (C=O) groups excluding carboxylic acids is 2. The van der Waals surface area contributed by atoms with Crippen LogP contribution in [0.25, 0.3) is 0 Å². The van der Waals surface area contributed by atoms with Gasteiger partial charge in [0.05, 0.1) is 6.17 Å². The average molecular weight is 224 g/mol. The molecule has 2 aliphatic rings. The number of imide groups is 1. The summed E-state index contributed by atoms with van der Waals surface area (Å²) in [4.78, 5) is 24.5. The largest absolute Gasteiger partial charge is 0.294 e. The Hall–Kier alpha value is -0.900. The van der Waals surface area contributed by atoms with Gasteiger partial charge in [-0.25, -0.2) is 0 Å². The molecule has 90 valence electrons. The summed E-state index contributed by atoms with van der Waals surface area (Å²) in [5.41, 5.74) is 0. The normalized spacial score (nSPS) is 25.2. The molecule has 16 heavy (non-hydrogen) atoms. The van der Waals surface area contributed by atoms with Crippen LogP contribution in [0.3, 0.4) is 0 Å². The Kier molecular flexibility index (Phi) is 3.59. The molecule has 1 saturated heterocycles. The molecule has 4 heteroatoms. The van der Waals surface area contributed by atoms with E-state index in [2.05, 4.69) is 5.32 Å². The zero-order valence-electron chi connectivity index (χ0n) is 9.87.